The van der Waals surface area contributed by atoms with Gasteiger partial charge in [0.05, 0.1) is 11.6 Å². The van der Waals surface area contributed by atoms with Crippen molar-refractivity contribution in [1.29, 1.82) is 0 Å². The van der Waals surface area contributed by atoms with E-state index in [9.17, 15) is 5.02 Å². The number of hydrogen-bond acceptors (Lipinski definition) is 4. The molecular weight excluding hydrogens is 497 g/mol. The molecule has 1 aliphatic carbocycles. The van der Waals surface area contributed by atoms with E-state index >= 15 is 0 Å². The minimum absolute atomic E-state index is 0.0536. The highest BCUT2D eigenvalue weighted by Gasteiger charge is 2.35. The first-order valence-electron chi connectivity index (χ1n) is 13.2. The van der Waals surface area contributed by atoms with Crippen LogP contribution in [0.4, 0.5) is 17.1 Å². The summed E-state index contributed by atoms with van der Waals surface area (Å²) >= 11 is 4.08. The summed E-state index contributed by atoms with van der Waals surface area (Å²) in [6, 6.07) is 42.4. The summed E-state index contributed by atoms with van der Waals surface area (Å²) in [7, 11) is -1.01. The maximum Gasteiger partial charge on any atom is 0.491 e. The van der Waals surface area contributed by atoms with Gasteiger partial charge in [-0.3, -0.25) is 0 Å². The molecule has 0 amide bonds. The zero-order valence-electron chi connectivity index (χ0n) is 22.1. The first kappa shape index (κ1) is 25.5. The highest BCUT2D eigenvalue weighted by atomic mass is 32.1. The van der Waals surface area contributed by atoms with Gasteiger partial charge in [0.1, 0.15) is 0 Å². The minimum atomic E-state index is -1.01. The minimum Gasteiger partial charge on any atom is -0.423 e. The first-order valence-corrected chi connectivity index (χ1v) is 13.8. The molecule has 3 nitrogen and oxygen atoms in total. The van der Waals surface area contributed by atoms with Crippen molar-refractivity contribution in [3.63, 3.8) is 0 Å². The molecule has 39 heavy (non-hydrogen) atoms. The molecule has 0 bridgehead atoms. The molecule has 0 radical (unpaired) electrons. The number of thiol groups is 1. The number of rotatable bonds is 7. The Morgan fingerprint density at radius 3 is 2.05 bits per heavy atom. The topological polar surface area (TPSA) is 32.7 Å². The van der Waals surface area contributed by atoms with Gasteiger partial charge in [-0.25, -0.2) is 0 Å². The number of para-hydroxylation sites is 1. The fraction of sp³-hybridized carbons (Fsp3) is 0.118. The molecule has 5 aromatic carbocycles. The molecule has 0 aromatic heterocycles. The second kappa shape index (κ2) is 10.4. The Kier molecular flexibility index (Phi) is 6.82. The lowest BCUT2D eigenvalue weighted by Crippen LogP contribution is -2.33. The molecule has 5 aromatic rings. The van der Waals surface area contributed by atoms with Crippen LogP contribution in [0.2, 0.25) is 0 Å². The van der Waals surface area contributed by atoms with E-state index in [0.29, 0.717) is 5.46 Å². The third-order valence-electron chi connectivity index (χ3n) is 7.72. The van der Waals surface area contributed by atoms with Crippen LogP contribution in [0.15, 0.2) is 121 Å². The average molecular weight is 527 g/mol. The van der Waals surface area contributed by atoms with Gasteiger partial charge in [0, 0.05) is 22.4 Å². The van der Waals surface area contributed by atoms with Crippen molar-refractivity contribution >= 4 is 42.3 Å². The molecular formula is C34H30BNO2S. The van der Waals surface area contributed by atoms with Crippen LogP contribution in [0, 0.1) is 0 Å². The van der Waals surface area contributed by atoms with Crippen molar-refractivity contribution in [2.75, 3.05) is 10.8 Å². The van der Waals surface area contributed by atoms with Crippen molar-refractivity contribution in [3.05, 3.63) is 132 Å². The Morgan fingerprint density at radius 2 is 1.31 bits per heavy atom. The molecule has 1 N–H and O–H groups in total. The van der Waals surface area contributed by atoms with Gasteiger partial charge in [0.25, 0.3) is 0 Å². The number of anilines is 3. The lowest BCUT2D eigenvalue weighted by Gasteiger charge is -2.29. The zero-order valence-corrected chi connectivity index (χ0v) is 23.0. The van der Waals surface area contributed by atoms with Crippen molar-refractivity contribution < 1.29 is 9.68 Å². The molecule has 0 heterocycles. The van der Waals surface area contributed by atoms with Crippen molar-refractivity contribution in [3.8, 4) is 22.3 Å². The van der Waals surface area contributed by atoms with Gasteiger partial charge in [-0.1, -0.05) is 105 Å². The normalized spacial score (nSPS) is 13.0. The van der Waals surface area contributed by atoms with Crippen molar-refractivity contribution in [1.82, 2.24) is 0 Å². The molecule has 6 rings (SSSR count). The predicted octanol–water partition coefficient (Wildman–Crippen LogP) is 7.72. The van der Waals surface area contributed by atoms with E-state index in [1.54, 1.807) is 0 Å². The number of fused-ring (bicyclic) bond motifs is 3. The maximum atomic E-state index is 10.3. The third-order valence-corrected chi connectivity index (χ3v) is 7.87. The van der Waals surface area contributed by atoms with Gasteiger partial charge in [-0.2, -0.15) is 12.6 Å². The molecule has 0 fully saturated rings. The van der Waals surface area contributed by atoms with Gasteiger partial charge >= 0.3 is 7.12 Å². The summed E-state index contributed by atoms with van der Waals surface area (Å²) in [5.41, 5.74) is 11.3. The predicted molar refractivity (Wildman–Crippen MR) is 167 cm³/mol. The van der Waals surface area contributed by atoms with E-state index in [1.807, 2.05) is 30.3 Å². The average Bonchev–Trinajstić information content (AvgIpc) is 3.21. The Bertz CT molecular complexity index is 1620. The SMILES string of the molecule is CC1(C)c2ccccc2-c2cc(N(c3ccc(B(O)OCS)cc3)c3ccccc3-c3ccccc3)ccc21. The first-order chi connectivity index (χ1) is 19.0. The highest BCUT2D eigenvalue weighted by molar-refractivity contribution is 7.80. The third kappa shape index (κ3) is 4.57. The van der Waals surface area contributed by atoms with E-state index < -0.39 is 7.12 Å². The fourth-order valence-electron chi connectivity index (χ4n) is 5.76. The smallest absolute Gasteiger partial charge is 0.423 e. The van der Waals surface area contributed by atoms with E-state index in [0.717, 1.165) is 28.2 Å². The lowest BCUT2D eigenvalue weighted by atomic mass is 9.79. The molecule has 5 heteroatoms. The molecule has 0 saturated heterocycles. The summed E-state index contributed by atoms with van der Waals surface area (Å²) in [4.78, 5) is 2.30. The molecule has 1 aliphatic rings. The van der Waals surface area contributed by atoms with Crippen LogP contribution < -0.4 is 10.4 Å². The summed E-state index contributed by atoms with van der Waals surface area (Å²) in [6.07, 6.45) is 0. The van der Waals surface area contributed by atoms with Crippen LogP contribution in [0.3, 0.4) is 0 Å². The van der Waals surface area contributed by atoms with Crippen molar-refractivity contribution in [2.45, 2.75) is 19.3 Å². The molecule has 0 unspecified atom stereocenters. The van der Waals surface area contributed by atoms with Crippen molar-refractivity contribution in [2.24, 2.45) is 0 Å². The Labute approximate surface area is 236 Å². The lowest BCUT2D eigenvalue weighted by molar-refractivity contribution is 0.327. The second-order valence-corrected chi connectivity index (χ2v) is 10.6. The largest absolute Gasteiger partial charge is 0.491 e. The fourth-order valence-corrected chi connectivity index (χ4v) is 5.90. The number of benzene rings is 5. The summed E-state index contributed by atoms with van der Waals surface area (Å²) in [6.45, 7) is 4.60. The quantitative estimate of drug-likeness (QED) is 0.129. The molecule has 0 aliphatic heterocycles. The Balaban J connectivity index is 1.54. The van der Waals surface area contributed by atoms with E-state index in [1.165, 1.54) is 22.3 Å². The van der Waals surface area contributed by atoms with Crippen LogP contribution in [-0.2, 0) is 10.1 Å². The monoisotopic (exact) mass is 527 g/mol. The molecule has 0 saturated carbocycles. The van der Waals surface area contributed by atoms with Gasteiger partial charge in [0.15, 0.2) is 0 Å². The van der Waals surface area contributed by atoms with Crippen LogP contribution >= 0.6 is 12.6 Å². The van der Waals surface area contributed by atoms with Gasteiger partial charge in [-0.05, 0) is 63.6 Å². The number of hydrogen-bond donors (Lipinski definition) is 2. The Hall–Kier alpha value is -3.77. The standard InChI is InChI=1S/C34H30BNO2S/c1-34(2)31-14-8-6-13-29(31)30-22-27(20-21-32(30)34)36(26-18-16-25(17-19-26)35(37)38-23-39)33-15-9-7-12-28(33)24-10-4-3-5-11-24/h3-22,37,39H,23H2,1-2H3. The van der Waals surface area contributed by atoms with Crippen LogP contribution in [0.25, 0.3) is 22.3 Å². The van der Waals surface area contributed by atoms with Gasteiger partial charge in [0.2, 0.25) is 0 Å². The van der Waals surface area contributed by atoms with E-state index in [-0.39, 0.29) is 11.4 Å². The number of nitrogens with zero attached hydrogens (tertiary/aromatic N) is 1. The van der Waals surface area contributed by atoms with E-state index in [2.05, 4.69) is 122 Å². The summed E-state index contributed by atoms with van der Waals surface area (Å²) in [5.74, 6) is 0.145. The molecule has 0 spiro atoms. The van der Waals surface area contributed by atoms with Crippen LogP contribution in [-0.4, -0.2) is 18.1 Å². The Morgan fingerprint density at radius 1 is 0.692 bits per heavy atom. The van der Waals surface area contributed by atoms with Crippen LogP contribution in [0.5, 0.6) is 0 Å². The van der Waals surface area contributed by atoms with Crippen LogP contribution in [0.1, 0.15) is 25.0 Å². The molecule has 0 atom stereocenters. The zero-order chi connectivity index (χ0) is 27.0. The van der Waals surface area contributed by atoms with E-state index in [4.69, 9.17) is 4.65 Å². The highest BCUT2D eigenvalue weighted by Crippen LogP contribution is 2.51. The summed E-state index contributed by atoms with van der Waals surface area (Å²) < 4.78 is 5.28. The second-order valence-electron chi connectivity index (χ2n) is 10.4. The maximum absolute atomic E-state index is 10.3. The molecule has 192 valence electrons. The summed E-state index contributed by atoms with van der Waals surface area (Å²) in [5, 5.41) is 10.3. The van der Waals surface area contributed by atoms with Gasteiger partial charge < -0.3 is 14.6 Å². The van der Waals surface area contributed by atoms with Gasteiger partial charge in [-0.15, -0.1) is 0 Å².